The third-order valence-electron chi connectivity index (χ3n) is 1.99. The van der Waals surface area contributed by atoms with Crippen LogP contribution in [-0.4, -0.2) is 17.6 Å². The van der Waals surface area contributed by atoms with E-state index in [1.807, 2.05) is 0 Å². The first-order valence-electron chi connectivity index (χ1n) is 4.85. The predicted molar refractivity (Wildman–Crippen MR) is 53.0 cm³/mol. The van der Waals surface area contributed by atoms with Gasteiger partial charge in [-0.15, -0.1) is 0 Å². The monoisotopic (exact) mass is 248 g/mol. The van der Waals surface area contributed by atoms with Gasteiger partial charge in [0.15, 0.2) is 11.5 Å². The van der Waals surface area contributed by atoms with Gasteiger partial charge in [-0.05, 0) is 13.0 Å². The summed E-state index contributed by atoms with van der Waals surface area (Å²) in [6.07, 6.45) is -2.90. The third-order valence-corrected chi connectivity index (χ3v) is 1.99. The Kier molecular flexibility index (Phi) is 4.45. The zero-order valence-corrected chi connectivity index (χ0v) is 9.04. The van der Waals surface area contributed by atoms with Crippen LogP contribution in [0.2, 0.25) is 0 Å². The number of nitrogens with zero attached hydrogens (tertiary/aromatic N) is 1. The average molecular weight is 248 g/mol. The number of carbonyl (C=O) groups is 1. The molecule has 94 valence electrons. The van der Waals surface area contributed by atoms with E-state index in [-0.39, 0.29) is 18.8 Å². The van der Waals surface area contributed by atoms with Crippen molar-refractivity contribution in [3.8, 4) is 0 Å². The molecular formula is C10H11F3N2O2. The maximum Gasteiger partial charge on any atom is 0.360 e. The lowest BCUT2D eigenvalue weighted by Crippen LogP contribution is -2.15. The predicted octanol–water partition coefficient (Wildman–Crippen LogP) is 1.79. The number of pyridine rings is 1. The molecule has 0 unspecified atom stereocenters. The van der Waals surface area contributed by atoms with Gasteiger partial charge in [0.05, 0.1) is 12.3 Å². The molecule has 0 saturated heterocycles. The van der Waals surface area contributed by atoms with E-state index in [2.05, 4.69) is 9.72 Å². The van der Waals surface area contributed by atoms with Crippen molar-refractivity contribution >= 4 is 5.97 Å². The van der Waals surface area contributed by atoms with Gasteiger partial charge in [-0.25, -0.2) is 22.9 Å². The highest BCUT2D eigenvalue weighted by Gasteiger charge is 2.22. The molecular weight excluding hydrogens is 237 g/mol. The lowest BCUT2D eigenvalue weighted by molar-refractivity contribution is 0.0512. The molecule has 1 aromatic heterocycles. The summed E-state index contributed by atoms with van der Waals surface area (Å²) in [5, 5.41) is 0. The smallest absolute Gasteiger partial charge is 0.360 e. The van der Waals surface area contributed by atoms with E-state index in [4.69, 9.17) is 5.73 Å². The van der Waals surface area contributed by atoms with Crippen LogP contribution in [0.3, 0.4) is 0 Å². The fourth-order valence-electron chi connectivity index (χ4n) is 1.24. The second-order valence-corrected chi connectivity index (χ2v) is 3.08. The van der Waals surface area contributed by atoms with E-state index in [0.29, 0.717) is 6.07 Å². The molecule has 0 fully saturated rings. The highest BCUT2D eigenvalue weighted by atomic mass is 19.3. The number of nitrogens with two attached hydrogens (primary N) is 1. The standard InChI is InChI=1S/C10H11F3N2O2/c1-2-17-10(16)8-6(11)3-5(9(12)13)7(4-14)15-8/h3,9H,2,4,14H2,1H3. The summed E-state index contributed by atoms with van der Waals surface area (Å²) in [5.41, 5.74) is 3.75. The molecule has 0 saturated carbocycles. The Labute approximate surface area is 95.6 Å². The molecule has 0 spiro atoms. The van der Waals surface area contributed by atoms with E-state index in [0.717, 1.165) is 0 Å². The largest absolute Gasteiger partial charge is 0.461 e. The molecule has 0 aliphatic carbocycles. The Bertz CT molecular complexity index is 424. The molecule has 0 aromatic carbocycles. The summed E-state index contributed by atoms with van der Waals surface area (Å²) in [4.78, 5) is 14.7. The number of hydrogen-bond acceptors (Lipinski definition) is 4. The Morgan fingerprint density at radius 2 is 2.24 bits per heavy atom. The summed E-state index contributed by atoms with van der Waals surface area (Å²) in [6.45, 7) is 1.26. The number of carbonyl (C=O) groups excluding carboxylic acids is 1. The molecule has 2 N–H and O–H groups in total. The van der Waals surface area contributed by atoms with Crippen LogP contribution in [0, 0.1) is 5.82 Å². The number of hydrogen-bond donors (Lipinski definition) is 1. The van der Waals surface area contributed by atoms with Crippen molar-refractivity contribution in [3.63, 3.8) is 0 Å². The molecule has 0 aliphatic heterocycles. The number of esters is 1. The highest BCUT2D eigenvalue weighted by molar-refractivity contribution is 5.87. The molecule has 0 aliphatic rings. The van der Waals surface area contributed by atoms with Crippen LogP contribution in [0.4, 0.5) is 13.2 Å². The first kappa shape index (κ1) is 13.4. The van der Waals surface area contributed by atoms with Gasteiger partial charge in [-0.3, -0.25) is 0 Å². The van der Waals surface area contributed by atoms with E-state index in [1.165, 1.54) is 6.92 Å². The van der Waals surface area contributed by atoms with Crippen LogP contribution in [0.25, 0.3) is 0 Å². The maximum absolute atomic E-state index is 13.4. The summed E-state index contributed by atoms with van der Waals surface area (Å²) in [5.74, 6) is -2.14. The number of rotatable bonds is 4. The van der Waals surface area contributed by atoms with Crippen LogP contribution in [-0.2, 0) is 11.3 Å². The lowest BCUT2D eigenvalue weighted by atomic mass is 10.1. The van der Waals surface area contributed by atoms with Gasteiger partial charge >= 0.3 is 5.97 Å². The molecule has 0 radical (unpaired) electrons. The molecule has 1 rings (SSSR count). The van der Waals surface area contributed by atoms with Crippen LogP contribution in [0.1, 0.15) is 35.1 Å². The lowest BCUT2D eigenvalue weighted by Gasteiger charge is -2.09. The van der Waals surface area contributed by atoms with Crippen LogP contribution < -0.4 is 5.73 Å². The molecule has 1 heterocycles. The fourth-order valence-corrected chi connectivity index (χ4v) is 1.24. The van der Waals surface area contributed by atoms with Gasteiger partial charge in [0, 0.05) is 12.1 Å². The van der Waals surface area contributed by atoms with Crippen molar-refractivity contribution in [2.45, 2.75) is 19.9 Å². The second kappa shape index (κ2) is 5.62. The maximum atomic E-state index is 13.4. The number of alkyl halides is 2. The summed E-state index contributed by atoms with van der Waals surface area (Å²) in [7, 11) is 0. The minimum Gasteiger partial charge on any atom is -0.461 e. The number of aromatic nitrogens is 1. The summed E-state index contributed by atoms with van der Waals surface area (Å²) < 4.78 is 42.9. The Morgan fingerprint density at radius 3 is 2.71 bits per heavy atom. The molecule has 0 amide bonds. The minimum atomic E-state index is -2.90. The minimum absolute atomic E-state index is 0.0362. The van der Waals surface area contributed by atoms with E-state index >= 15 is 0 Å². The van der Waals surface area contributed by atoms with Gasteiger partial charge in [-0.1, -0.05) is 0 Å². The molecule has 7 heteroatoms. The van der Waals surface area contributed by atoms with Crippen LogP contribution >= 0.6 is 0 Å². The van der Waals surface area contributed by atoms with Gasteiger partial charge in [0.25, 0.3) is 6.43 Å². The number of ether oxygens (including phenoxy) is 1. The molecule has 17 heavy (non-hydrogen) atoms. The zero-order valence-electron chi connectivity index (χ0n) is 9.04. The first-order valence-corrected chi connectivity index (χ1v) is 4.85. The van der Waals surface area contributed by atoms with Crippen molar-refractivity contribution in [1.82, 2.24) is 4.98 Å². The third kappa shape index (κ3) is 2.94. The SMILES string of the molecule is CCOC(=O)c1nc(CN)c(C(F)F)cc1F. The van der Waals surface area contributed by atoms with Gasteiger partial charge < -0.3 is 10.5 Å². The fraction of sp³-hybridized carbons (Fsp3) is 0.400. The van der Waals surface area contributed by atoms with Crippen molar-refractivity contribution < 1.29 is 22.7 Å². The Hall–Kier alpha value is -1.63. The molecule has 1 aromatic rings. The van der Waals surface area contributed by atoms with Crippen LogP contribution in [0.15, 0.2) is 6.07 Å². The van der Waals surface area contributed by atoms with Crippen molar-refractivity contribution in [1.29, 1.82) is 0 Å². The second-order valence-electron chi connectivity index (χ2n) is 3.08. The Morgan fingerprint density at radius 1 is 1.59 bits per heavy atom. The molecule has 0 bridgehead atoms. The highest BCUT2D eigenvalue weighted by Crippen LogP contribution is 2.23. The van der Waals surface area contributed by atoms with Crippen molar-refractivity contribution in [3.05, 3.63) is 28.8 Å². The normalized spacial score (nSPS) is 10.7. The first-order chi connectivity index (χ1) is 8.01. The van der Waals surface area contributed by atoms with E-state index in [9.17, 15) is 18.0 Å². The quantitative estimate of drug-likeness (QED) is 0.825. The van der Waals surface area contributed by atoms with E-state index in [1.54, 1.807) is 0 Å². The van der Waals surface area contributed by atoms with Crippen molar-refractivity contribution in [2.24, 2.45) is 5.73 Å². The summed E-state index contributed by atoms with van der Waals surface area (Å²) in [6, 6.07) is 0.562. The van der Waals surface area contributed by atoms with Crippen molar-refractivity contribution in [2.75, 3.05) is 6.61 Å². The van der Waals surface area contributed by atoms with Crippen LogP contribution in [0.5, 0.6) is 0 Å². The van der Waals surface area contributed by atoms with Gasteiger partial charge in [-0.2, -0.15) is 0 Å². The van der Waals surface area contributed by atoms with E-state index < -0.39 is 29.5 Å². The average Bonchev–Trinajstić information content (AvgIpc) is 2.28. The summed E-state index contributed by atoms with van der Waals surface area (Å²) >= 11 is 0. The number of halogens is 3. The Balaban J connectivity index is 3.22. The van der Waals surface area contributed by atoms with Gasteiger partial charge in [0.1, 0.15) is 0 Å². The molecule has 4 nitrogen and oxygen atoms in total. The van der Waals surface area contributed by atoms with Gasteiger partial charge in [0.2, 0.25) is 0 Å². The zero-order chi connectivity index (χ0) is 13.0. The topological polar surface area (TPSA) is 65.2 Å². The molecule has 0 atom stereocenters.